The van der Waals surface area contributed by atoms with Crippen LogP contribution in [-0.4, -0.2) is 40.3 Å². The summed E-state index contributed by atoms with van der Waals surface area (Å²) in [4.78, 5) is 23.3. The van der Waals surface area contributed by atoms with E-state index in [-0.39, 0.29) is 13.1 Å². The maximum Gasteiger partial charge on any atom is 0.394 e. The number of alkyl halides is 3. The Kier molecular flexibility index (Phi) is 3.86. The van der Waals surface area contributed by atoms with E-state index in [0.717, 1.165) is 41.5 Å². The maximum atomic E-state index is 13.3. The maximum absolute atomic E-state index is 13.3. The number of aliphatic carboxylic acids is 1. The van der Waals surface area contributed by atoms with E-state index in [1.54, 1.807) is 11.3 Å². The molecule has 1 aliphatic heterocycles. The van der Waals surface area contributed by atoms with Gasteiger partial charge >= 0.3 is 12.1 Å². The number of aromatic nitrogens is 2. The highest BCUT2D eigenvalue weighted by Crippen LogP contribution is 2.43. The quantitative estimate of drug-likeness (QED) is 0.878. The Morgan fingerprint density at radius 3 is 2.68 bits per heavy atom. The second-order valence-corrected chi connectivity index (χ2v) is 7.67. The van der Waals surface area contributed by atoms with E-state index in [0.29, 0.717) is 5.82 Å². The normalized spacial score (nSPS) is 23.9. The lowest BCUT2D eigenvalue weighted by atomic mass is 9.96. The van der Waals surface area contributed by atoms with Crippen LogP contribution in [0, 0.1) is 11.8 Å². The number of nitrogens with zero attached hydrogens (tertiary/aromatic N) is 3. The third-order valence-corrected chi connectivity index (χ3v) is 6.29. The lowest BCUT2D eigenvalue weighted by Gasteiger charge is -2.20. The smallest absolute Gasteiger partial charge is 0.394 e. The summed E-state index contributed by atoms with van der Waals surface area (Å²) in [5.74, 6) is -4.33. The van der Waals surface area contributed by atoms with Gasteiger partial charge in [-0.05, 0) is 31.2 Å². The van der Waals surface area contributed by atoms with Gasteiger partial charge in [0.2, 0.25) is 0 Å². The fraction of sp³-hybridized carbons (Fsp3) is 0.562. The van der Waals surface area contributed by atoms with Crippen LogP contribution in [0.15, 0.2) is 6.33 Å². The number of aryl methyl sites for hydroxylation is 2. The highest BCUT2D eigenvalue weighted by atomic mass is 32.1. The van der Waals surface area contributed by atoms with Crippen molar-refractivity contribution in [1.82, 2.24) is 9.97 Å². The van der Waals surface area contributed by atoms with Crippen molar-refractivity contribution in [3.05, 3.63) is 16.8 Å². The van der Waals surface area contributed by atoms with Crippen molar-refractivity contribution in [3.63, 3.8) is 0 Å². The number of carboxylic acids is 1. The second kappa shape index (κ2) is 5.82. The van der Waals surface area contributed by atoms with Gasteiger partial charge in [0.1, 0.15) is 17.0 Å². The van der Waals surface area contributed by atoms with Crippen LogP contribution in [0.3, 0.4) is 0 Å². The SMILES string of the molecule is O=C(O)[C@@H]1CN(c2ncnc3sc4c(c23)CCCC4)C[C@H]1C(F)(F)F. The molecule has 0 saturated carbocycles. The number of carboxylic acid groups (broad SMARTS) is 1. The third-order valence-electron chi connectivity index (χ3n) is 5.09. The number of halogens is 3. The highest BCUT2D eigenvalue weighted by Gasteiger charge is 2.53. The van der Waals surface area contributed by atoms with Crippen molar-refractivity contribution in [2.75, 3.05) is 18.0 Å². The van der Waals surface area contributed by atoms with E-state index < -0.39 is 24.0 Å². The van der Waals surface area contributed by atoms with Crippen molar-refractivity contribution in [3.8, 4) is 0 Å². The van der Waals surface area contributed by atoms with E-state index >= 15 is 0 Å². The molecule has 2 atom stereocenters. The zero-order chi connectivity index (χ0) is 17.8. The largest absolute Gasteiger partial charge is 0.481 e. The molecule has 0 bridgehead atoms. The molecule has 2 aromatic heterocycles. The summed E-state index contributed by atoms with van der Waals surface area (Å²) in [5.41, 5.74) is 1.13. The lowest BCUT2D eigenvalue weighted by molar-refractivity contribution is -0.187. The molecule has 1 N–H and O–H groups in total. The molecule has 9 heteroatoms. The Labute approximate surface area is 145 Å². The van der Waals surface area contributed by atoms with Gasteiger partial charge in [0, 0.05) is 18.0 Å². The predicted molar refractivity (Wildman–Crippen MR) is 86.9 cm³/mol. The summed E-state index contributed by atoms with van der Waals surface area (Å²) in [6.45, 7) is -0.562. The molecule has 134 valence electrons. The molecule has 2 aromatic rings. The summed E-state index contributed by atoms with van der Waals surface area (Å²) in [5, 5.41) is 10.0. The lowest BCUT2D eigenvalue weighted by Crippen LogP contribution is -2.33. The molecule has 0 aromatic carbocycles. The Morgan fingerprint density at radius 1 is 1.24 bits per heavy atom. The summed E-state index contributed by atoms with van der Waals surface area (Å²) in [6, 6.07) is 0. The first kappa shape index (κ1) is 16.6. The summed E-state index contributed by atoms with van der Waals surface area (Å²) < 4.78 is 39.8. The van der Waals surface area contributed by atoms with E-state index in [9.17, 15) is 23.1 Å². The van der Waals surface area contributed by atoms with Gasteiger partial charge in [-0.15, -0.1) is 11.3 Å². The standard InChI is InChI=1S/C16H16F3N3O2S/c17-16(18,19)10-6-22(5-9(10)15(23)24)13-12-8-3-1-2-4-11(8)25-14(12)21-7-20-13/h7,9-10H,1-6H2,(H,23,24)/t9-,10-/m1/s1. The molecule has 5 nitrogen and oxygen atoms in total. The van der Waals surface area contributed by atoms with Gasteiger partial charge in [-0.3, -0.25) is 4.79 Å². The molecular formula is C16H16F3N3O2S. The van der Waals surface area contributed by atoms with Gasteiger partial charge in [-0.1, -0.05) is 0 Å². The Bertz CT molecular complexity index is 836. The molecule has 0 unspecified atom stereocenters. The van der Waals surface area contributed by atoms with Crippen molar-refractivity contribution in [1.29, 1.82) is 0 Å². The van der Waals surface area contributed by atoms with Crippen molar-refractivity contribution >= 4 is 33.3 Å². The Hall–Kier alpha value is -1.90. The number of rotatable bonds is 2. The Balaban J connectivity index is 1.78. The molecule has 0 amide bonds. The molecule has 1 aliphatic carbocycles. The first-order valence-corrected chi connectivity index (χ1v) is 8.97. The fourth-order valence-electron chi connectivity index (χ4n) is 3.87. The summed E-state index contributed by atoms with van der Waals surface area (Å²) >= 11 is 1.57. The van der Waals surface area contributed by atoms with Crippen LogP contribution < -0.4 is 4.90 Å². The van der Waals surface area contributed by atoms with E-state index in [1.807, 2.05) is 0 Å². The number of hydrogen-bond donors (Lipinski definition) is 1. The van der Waals surface area contributed by atoms with E-state index in [2.05, 4.69) is 9.97 Å². The topological polar surface area (TPSA) is 66.3 Å². The zero-order valence-corrected chi connectivity index (χ0v) is 14.0. The summed E-state index contributed by atoms with van der Waals surface area (Å²) in [6.07, 6.45) is 0.779. The highest BCUT2D eigenvalue weighted by molar-refractivity contribution is 7.19. The van der Waals surface area contributed by atoms with Crippen molar-refractivity contribution in [2.45, 2.75) is 31.9 Å². The molecule has 2 aliphatic rings. The van der Waals surface area contributed by atoms with Gasteiger partial charge in [0.25, 0.3) is 0 Å². The molecule has 3 heterocycles. The molecule has 1 saturated heterocycles. The van der Waals surface area contributed by atoms with Gasteiger partial charge in [0.05, 0.1) is 17.2 Å². The van der Waals surface area contributed by atoms with Gasteiger partial charge in [-0.25, -0.2) is 9.97 Å². The van der Waals surface area contributed by atoms with Crippen LogP contribution >= 0.6 is 11.3 Å². The van der Waals surface area contributed by atoms with Crippen LogP contribution in [0.2, 0.25) is 0 Å². The number of fused-ring (bicyclic) bond motifs is 3. The number of thiophene rings is 1. The predicted octanol–water partition coefficient (Wildman–Crippen LogP) is 3.27. The summed E-state index contributed by atoms with van der Waals surface area (Å²) in [7, 11) is 0. The van der Waals surface area contributed by atoms with Crippen LogP contribution in [0.25, 0.3) is 10.2 Å². The number of carbonyl (C=O) groups is 1. The van der Waals surface area contributed by atoms with Crippen molar-refractivity contribution < 1.29 is 23.1 Å². The second-order valence-electron chi connectivity index (χ2n) is 6.59. The first-order valence-electron chi connectivity index (χ1n) is 8.16. The molecular weight excluding hydrogens is 355 g/mol. The van der Waals surface area contributed by atoms with Crippen LogP contribution in [0.1, 0.15) is 23.3 Å². The molecule has 1 fully saturated rings. The minimum Gasteiger partial charge on any atom is -0.481 e. The molecule has 0 spiro atoms. The van der Waals surface area contributed by atoms with Crippen LogP contribution in [0.5, 0.6) is 0 Å². The number of anilines is 1. The van der Waals surface area contributed by atoms with Gasteiger partial charge in [-0.2, -0.15) is 13.2 Å². The van der Waals surface area contributed by atoms with E-state index in [4.69, 9.17) is 0 Å². The van der Waals surface area contributed by atoms with Crippen LogP contribution in [0.4, 0.5) is 19.0 Å². The zero-order valence-electron chi connectivity index (χ0n) is 13.2. The van der Waals surface area contributed by atoms with Crippen molar-refractivity contribution in [2.24, 2.45) is 11.8 Å². The first-order chi connectivity index (χ1) is 11.9. The Morgan fingerprint density at radius 2 is 2.00 bits per heavy atom. The molecule has 4 rings (SSSR count). The van der Waals surface area contributed by atoms with Gasteiger partial charge < -0.3 is 10.0 Å². The minimum atomic E-state index is -4.54. The minimum absolute atomic E-state index is 0.184. The number of hydrogen-bond acceptors (Lipinski definition) is 5. The van der Waals surface area contributed by atoms with Gasteiger partial charge in [0.15, 0.2) is 0 Å². The third kappa shape index (κ3) is 2.74. The molecule has 25 heavy (non-hydrogen) atoms. The molecule has 0 radical (unpaired) electrons. The monoisotopic (exact) mass is 371 g/mol. The average molecular weight is 371 g/mol. The van der Waals surface area contributed by atoms with Crippen LogP contribution in [-0.2, 0) is 17.6 Å². The average Bonchev–Trinajstić information content (AvgIpc) is 3.16. The van der Waals surface area contributed by atoms with E-state index in [1.165, 1.54) is 16.1 Å². The fourth-order valence-corrected chi connectivity index (χ4v) is 5.10.